The van der Waals surface area contributed by atoms with E-state index in [0.29, 0.717) is 0 Å². The number of benzene rings is 2. The van der Waals surface area contributed by atoms with Crippen LogP contribution in [0.1, 0.15) is 28.2 Å². The molecule has 16 heavy (non-hydrogen) atoms. The van der Waals surface area contributed by atoms with Gasteiger partial charge in [-0.1, -0.05) is 43.8 Å². The highest BCUT2D eigenvalue weighted by atomic mass is 16.5. The maximum atomic E-state index is 5.91. The average molecular weight is 216 g/mol. The molecule has 0 bridgehead atoms. The molecule has 0 heterocycles. The Morgan fingerprint density at radius 1 is 0.875 bits per heavy atom. The van der Waals surface area contributed by atoms with Crippen LogP contribution in [0.2, 0.25) is 0 Å². The largest absolute Gasteiger partial charge is 0.488 e. The molecule has 86 valence electrons. The Bertz CT molecular complexity index is 461. The Morgan fingerprint density at radius 3 is 2.19 bits per heavy atom. The summed E-state index contributed by atoms with van der Waals surface area (Å²) in [6.07, 6.45) is 0. The van der Waals surface area contributed by atoms with Crippen LogP contribution in [0.15, 0.2) is 42.5 Å². The highest BCUT2D eigenvalue weighted by Gasteiger charge is 2.13. The van der Waals surface area contributed by atoms with Gasteiger partial charge in [0.25, 0.3) is 0 Å². The monoisotopic (exact) mass is 216 g/mol. The Hall–Kier alpha value is -1.50. The van der Waals surface area contributed by atoms with Crippen LogP contribution in [-0.4, -0.2) is 5.60 Å². The highest BCUT2D eigenvalue weighted by Crippen LogP contribution is 2.27. The van der Waals surface area contributed by atoms with Crippen LogP contribution in [0, 0.1) is 0 Å². The number of hydrogen-bond acceptors (Lipinski definition) is 1. The smallest absolute Gasteiger partial charge is 0.127 e. The van der Waals surface area contributed by atoms with E-state index < -0.39 is 0 Å². The fourth-order valence-corrected chi connectivity index (χ4v) is 1.61. The minimum atomic E-state index is -0.149. The van der Waals surface area contributed by atoms with Crippen molar-refractivity contribution in [2.45, 2.75) is 33.8 Å². The summed E-state index contributed by atoms with van der Waals surface area (Å²) >= 11 is 0. The Balaban J connectivity index is 0.00000128. The van der Waals surface area contributed by atoms with Crippen molar-refractivity contribution in [3.05, 3.63) is 42.5 Å². The highest BCUT2D eigenvalue weighted by molar-refractivity contribution is 5.88. The SMILES string of the molecule is C.CC(C)(C)Oc1cccc2ccccc12. The Morgan fingerprint density at radius 2 is 1.50 bits per heavy atom. The van der Waals surface area contributed by atoms with Crippen LogP contribution in [0.3, 0.4) is 0 Å². The van der Waals surface area contributed by atoms with Crippen molar-refractivity contribution in [2.24, 2.45) is 0 Å². The van der Waals surface area contributed by atoms with Crippen LogP contribution in [0.4, 0.5) is 0 Å². The van der Waals surface area contributed by atoms with E-state index >= 15 is 0 Å². The van der Waals surface area contributed by atoms with Gasteiger partial charge in [0.15, 0.2) is 0 Å². The van der Waals surface area contributed by atoms with E-state index in [9.17, 15) is 0 Å². The predicted molar refractivity (Wildman–Crippen MR) is 71.1 cm³/mol. The third kappa shape index (κ3) is 2.75. The second kappa shape index (κ2) is 4.56. The molecular formula is C15H20O. The quantitative estimate of drug-likeness (QED) is 0.674. The topological polar surface area (TPSA) is 9.23 Å². The van der Waals surface area contributed by atoms with E-state index in [1.165, 1.54) is 10.8 Å². The molecule has 0 aliphatic rings. The Labute approximate surface area is 98.1 Å². The lowest BCUT2D eigenvalue weighted by atomic mass is 10.1. The summed E-state index contributed by atoms with van der Waals surface area (Å²) in [5.41, 5.74) is -0.149. The van der Waals surface area contributed by atoms with Gasteiger partial charge in [0.05, 0.1) is 0 Å². The van der Waals surface area contributed by atoms with Gasteiger partial charge in [-0.15, -0.1) is 0 Å². The van der Waals surface area contributed by atoms with Crippen molar-refractivity contribution in [3.8, 4) is 5.75 Å². The summed E-state index contributed by atoms with van der Waals surface area (Å²) < 4.78 is 5.91. The zero-order valence-electron chi connectivity index (χ0n) is 9.45. The van der Waals surface area contributed by atoms with Crippen molar-refractivity contribution in [1.82, 2.24) is 0 Å². The summed E-state index contributed by atoms with van der Waals surface area (Å²) in [7, 11) is 0. The zero-order chi connectivity index (χ0) is 10.9. The number of fused-ring (bicyclic) bond motifs is 1. The molecule has 0 amide bonds. The third-order valence-electron chi connectivity index (χ3n) is 2.17. The van der Waals surface area contributed by atoms with E-state index in [4.69, 9.17) is 4.74 Å². The van der Waals surface area contributed by atoms with Crippen LogP contribution >= 0.6 is 0 Å². The molecule has 0 aliphatic carbocycles. The molecule has 0 fully saturated rings. The van der Waals surface area contributed by atoms with Gasteiger partial charge in [0, 0.05) is 5.39 Å². The minimum Gasteiger partial charge on any atom is -0.488 e. The van der Waals surface area contributed by atoms with Crippen molar-refractivity contribution >= 4 is 10.8 Å². The molecule has 0 aliphatic heterocycles. The number of hydrogen-bond donors (Lipinski definition) is 0. The minimum absolute atomic E-state index is 0. The predicted octanol–water partition coefficient (Wildman–Crippen LogP) is 4.65. The van der Waals surface area contributed by atoms with E-state index in [1.54, 1.807) is 0 Å². The van der Waals surface area contributed by atoms with E-state index in [0.717, 1.165) is 5.75 Å². The number of rotatable bonds is 1. The fourth-order valence-electron chi connectivity index (χ4n) is 1.61. The number of ether oxygens (including phenoxy) is 1. The van der Waals surface area contributed by atoms with Crippen molar-refractivity contribution in [1.29, 1.82) is 0 Å². The molecule has 0 unspecified atom stereocenters. The normalized spacial score (nSPS) is 10.9. The second-order valence-corrected chi connectivity index (χ2v) is 4.69. The first-order valence-electron chi connectivity index (χ1n) is 5.23. The first-order chi connectivity index (χ1) is 7.06. The van der Waals surface area contributed by atoms with Crippen molar-refractivity contribution in [2.75, 3.05) is 0 Å². The zero-order valence-corrected chi connectivity index (χ0v) is 9.45. The maximum Gasteiger partial charge on any atom is 0.127 e. The van der Waals surface area contributed by atoms with Gasteiger partial charge >= 0.3 is 0 Å². The fraction of sp³-hybridized carbons (Fsp3) is 0.333. The van der Waals surface area contributed by atoms with E-state index in [1.807, 2.05) is 24.3 Å². The van der Waals surface area contributed by atoms with Crippen LogP contribution in [-0.2, 0) is 0 Å². The summed E-state index contributed by atoms with van der Waals surface area (Å²) in [6, 6.07) is 14.4. The van der Waals surface area contributed by atoms with Gasteiger partial charge in [-0.2, -0.15) is 0 Å². The molecule has 1 heteroatoms. The molecule has 0 saturated carbocycles. The lowest BCUT2D eigenvalue weighted by molar-refractivity contribution is 0.133. The van der Waals surface area contributed by atoms with E-state index in [2.05, 4.69) is 39.0 Å². The van der Waals surface area contributed by atoms with Crippen LogP contribution in [0.25, 0.3) is 10.8 Å². The van der Waals surface area contributed by atoms with Gasteiger partial charge in [-0.3, -0.25) is 0 Å². The summed E-state index contributed by atoms with van der Waals surface area (Å²) in [5, 5.41) is 2.40. The third-order valence-corrected chi connectivity index (χ3v) is 2.17. The Kier molecular flexibility index (Phi) is 3.58. The lowest BCUT2D eigenvalue weighted by Gasteiger charge is -2.22. The van der Waals surface area contributed by atoms with Gasteiger partial charge in [0.2, 0.25) is 0 Å². The first kappa shape index (κ1) is 12.6. The maximum absolute atomic E-state index is 5.91. The van der Waals surface area contributed by atoms with Gasteiger partial charge in [0.1, 0.15) is 11.4 Å². The van der Waals surface area contributed by atoms with Crippen LogP contribution in [0.5, 0.6) is 5.75 Å². The lowest BCUT2D eigenvalue weighted by Crippen LogP contribution is -2.23. The summed E-state index contributed by atoms with van der Waals surface area (Å²) in [6.45, 7) is 6.19. The molecule has 0 saturated heterocycles. The summed E-state index contributed by atoms with van der Waals surface area (Å²) in [4.78, 5) is 0. The van der Waals surface area contributed by atoms with Crippen molar-refractivity contribution in [3.63, 3.8) is 0 Å². The van der Waals surface area contributed by atoms with Crippen LogP contribution < -0.4 is 4.74 Å². The van der Waals surface area contributed by atoms with Crippen molar-refractivity contribution < 1.29 is 4.74 Å². The standard InChI is InChI=1S/C14H16O.CH4/c1-14(2,3)15-13-10-6-8-11-7-4-5-9-12(11)13;/h4-10H,1-3H3;1H4. The van der Waals surface area contributed by atoms with Gasteiger partial charge < -0.3 is 4.74 Å². The molecule has 0 radical (unpaired) electrons. The van der Waals surface area contributed by atoms with Gasteiger partial charge in [-0.25, -0.2) is 0 Å². The molecule has 2 aromatic rings. The molecule has 2 rings (SSSR count). The van der Waals surface area contributed by atoms with E-state index in [-0.39, 0.29) is 13.0 Å². The molecule has 2 aromatic carbocycles. The first-order valence-corrected chi connectivity index (χ1v) is 5.23. The average Bonchev–Trinajstić information content (AvgIpc) is 2.16. The molecular weight excluding hydrogens is 196 g/mol. The molecule has 0 atom stereocenters. The second-order valence-electron chi connectivity index (χ2n) is 4.69. The molecule has 1 nitrogen and oxygen atoms in total. The molecule has 0 aromatic heterocycles. The molecule has 0 N–H and O–H groups in total. The van der Waals surface area contributed by atoms with Gasteiger partial charge in [-0.05, 0) is 32.2 Å². The molecule has 0 spiro atoms. The summed E-state index contributed by atoms with van der Waals surface area (Å²) in [5.74, 6) is 0.959.